The molecule has 2 N–H and O–H groups in total. The molecule has 0 bridgehead atoms. The highest BCUT2D eigenvalue weighted by molar-refractivity contribution is 7.90. The van der Waals surface area contributed by atoms with E-state index in [9.17, 15) is 22.0 Å². The van der Waals surface area contributed by atoms with Gasteiger partial charge in [0.05, 0.1) is 33.6 Å². The molecule has 0 aliphatic heterocycles. The van der Waals surface area contributed by atoms with Crippen LogP contribution in [0.5, 0.6) is 11.5 Å². The lowest BCUT2D eigenvalue weighted by Gasteiger charge is -2.13. The predicted molar refractivity (Wildman–Crippen MR) is 177 cm³/mol. The third kappa shape index (κ3) is 5.17. The normalized spacial score (nSPS) is 11.6. The lowest BCUT2D eigenvalue weighted by molar-refractivity contribution is 0.103. The number of hydrogen-bond donors (Lipinski definition) is 1. The van der Waals surface area contributed by atoms with Crippen molar-refractivity contribution in [1.29, 1.82) is 0 Å². The first-order valence-electron chi connectivity index (χ1n) is 14.6. The second-order valence-corrected chi connectivity index (χ2v) is 12.6. The molecule has 0 radical (unpaired) electrons. The highest BCUT2D eigenvalue weighted by Gasteiger charge is 2.30. The van der Waals surface area contributed by atoms with E-state index >= 15 is 0 Å². The minimum atomic E-state index is -4.26. The van der Waals surface area contributed by atoms with Crippen molar-refractivity contribution in [2.24, 2.45) is 0 Å². The van der Waals surface area contributed by atoms with Crippen LogP contribution in [-0.4, -0.2) is 32.9 Å². The number of pyridine rings is 1. The van der Waals surface area contributed by atoms with Crippen LogP contribution in [0.1, 0.15) is 21.6 Å². The van der Waals surface area contributed by atoms with Gasteiger partial charge in [-0.1, -0.05) is 42.5 Å². The highest BCUT2D eigenvalue weighted by atomic mass is 32.2. The number of rotatable bonds is 8. The quantitative estimate of drug-likeness (QED) is 0.169. The Balaban J connectivity index is 1.32. The van der Waals surface area contributed by atoms with E-state index in [0.29, 0.717) is 27.9 Å². The number of hydrogen-bond acceptors (Lipinski definition) is 7. The zero-order valence-corrected chi connectivity index (χ0v) is 26.0. The number of halogens is 2. The van der Waals surface area contributed by atoms with Gasteiger partial charge in [0.1, 0.15) is 17.3 Å². The molecular weight excluding hydrogens is 636 g/mol. The fourth-order valence-electron chi connectivity index (χ4n) is 5.55. The highest BCUT2D eigenvalue weighted by Crippen LogP contribution is 2.35. The van der Waals surface area contributed by atoms with Gasteiger partial charge in [-0.3, -0.25) is 9.78 Å². The Kier molecular flexibility index (Phi) is 7.56. The van der Waals surface area contributed by atoms with E-state index in [4.69, 9.17) is 10.5 Å². The van der Waals surface area contributed by atoms with Crippen LogP contribution < -0.4 is 10.5 Å². The average molecular weight is 662 g/mol. The minimum Gasteiger partial charge on any atom is -0.454 e. The van der Waals surface area contributed by atoms with Crippen LogP contribution in [0.15, 0.2) is 126 Å². The number of benzene rings is 4. The van der Waals surface area contributed by atoms with Crippen LogP contribution in [0.25, 0.3) is 27.8 Å². The average Bonchev–Trinajstić information content (AvgIpc) is 3.69. The SMILES string of the molecule is Cc1cc(Oc2cccc(F)c2F)ccc1-n1ncc(C(=O)c2cc3c(-c4ccccn4)cccc3n2S(=O)(=O)c2ccccc2)c1N. The standard InChI is InChI=1S/C36H25F2N5O4S/c1-22-19-23(47-33-15-8-12-28(37)34(33)38)16-17-30(22)42-36(39)27(21-41-42)35(44)32-20-26-25(29-13-5-6-18-40-29)11-7-14-31(26)43(32)48(45,46)24-9-3-2-4-10-24/h2-21H,39H2,1H3. The van der Waals surface area contributed by atoms with Gasteiger partial charge in [-0.05, 0) is 79.2 Å². The van der Waals surface area contributed by atoms with Crippen molar-refractivity contribution in [3.63, 3.8) is 0 Å². The molecule has 4 aromatic carbocycles. The lowest BCUT2D eigenvalue weighted by Crippen LogP contribution is -2.19. The van der Waals surface area contributed by atoms with Crippen molar-refractivity contribution in [3.8, 4) is 28.4 Å². The number of nitrogen functional groups attached to an aromatic ring is 1. The molecule has 0 fully saturated rings. The topological polar surface area (TPSA) is 122 Å². The number of ether oxygens (including phenoxy) is 1. The molecule has 0 aliphatic rings. The molecule has 48 heavy (non-hydrogen) atoms. The molecule has 3 heterocycles. The van der Waals surface area contributed by atoms with E-state index in [0.717, 1.165) is 10.0 Å². The zero-order chi connectivity index (χ0) is 33.6. The van der Waals surface area contributed by atoms with Gasteiger partial charge in [0, 0.05) is 17.1 Å². The van der Waals surface area contributed by atoms with E-state index in [-0.39, 0.29) is 39.0 Å². The fourth-order valence-corrected chi connectivity index (χ4v) is 7.07. The van der Waals surface area contributed by atoms with Gasteiger partial charge in [0.15, 0.2) is 11.6 Å². The van der Waals surface area contributed by atoms with Crippen LogP contribution in [0, 0.1) is 18.6 Å². The second-order valence-electron chi connectivity index (χ2n) is 10.9. The maximum absolute atomic E-state index is 14.3. The summed E-state index contributed by atoms with van der Waals surface area (Å²) in [5.74, 6) is -2.89. The summed E-state index contributed by atoms with van der Waals surface area (Å²) < 4.78 is 64.1. The Morgan fingerprint density at radius 2 is 1.65 bits per heavy atom. The van der Waals surface area contributed by atoms with Crippen molar-refractivity contribution in [2.45, 2.75) is 11.8 Å². The first-order valence-corrected chi connectivity index (χ1v) is 16.1. The van der Waals surface area contributed by atoms with Crippen LogP contribution in [0.2, 0.25) is 0 Å². The number of carbonyl (C=O) groups excluding carboxylic acids is 1. The van der Waals surface area contributed by atoms with Gasteiger partial charge in [-0.25, -0.2) is 21.5 Å². The number of aromatic nitrogens is 4. The maximum Gasteiger partial charge on any atom is 0.268 e. The first-order chi connectivity index (χ1) is 23.1. The van der Waals surface area contributed by atoms with Gasteiger partial charge >= 0.3 is 0 Å². The number of ketones is 1. The largest absolute Gasteiger partial charge is 0.454 e. The van der Waals surface area contributed by atoms with Crippen LogP contribution in [0.4, 0.5) is 14.6 Å². The summed E-state index contributed by atoms with van der Waals surface area (Å²) in [5, 5.41) is 4.86. The Hall–Kier alpha value is -6.14. The van der Waals surface area contributed by atoms with E-state index in [2.05, 4.69) is 10.1 Å². The van der Waals surface area contributed by atoms with Crippen molar-refractivity contribution >= 4 is 32.5 Å². The number of aryl methyl sites for hydroxylation is 1. The molecule has 3 aromatic heterocycles. The number of anilines is 1. The van der Waals surface area contributed by atoms with Crippen molar-refractivity contribution in [3.05, 3.63) is 150 Å². The van der Waals surface area contributed by atoms with E-state index in [1.807, 2.05) is 12.1 Å². The van der Waals surface area contributed by atoms with Crippen molar-refractivity contribution in [1.82, 2.24) is 18.7 Å². The maximum atomic E-state index is 14.3. The molecule has 0 atom stereocenters. The van der Waals surface area contributed by atoms with Gasteiger partial charge < -0.3 is 10.5 Å². The monoisotopic (exact) mass is 661 g/mol. The van der Waals surface area contributed by atoms with Crippen LogP contribution >= 0.6 is 0 Å². The molecule has 0 saturated carbocycles. The Labute approximate surface area is 273 Å². The number of nitrogens with zero attached hydrogens (tertiary/aromatic N) is 4. The summed E-state index contributed by atoms with van der Waals surface area (Å²) in [5.41, 5.74) is 8.96. The Morgan fingerprint density at radius 3 is 2.40 bits per heavy atom. The molecule has 0 amide bonds. The van der Waals surface area contributed by atoms with E-state index in [1.165, 1.54) is 47.3 Å². The van der Waals surface area contributed by atoms with E-state index < -0.39 is 27.4 Å². The molecule has 0 aliphatic carbocycles. The third-order valence-corrected chi connectivity index (χ3v) is 9.59. The molecule has 0 spiro atoms. The third-order valence-electron chi connectivity index (χ3n) is 7.85. The molecular formula is C36H25F2N5O4S. The van der Waals surface area contributed by atoms with Crippen LogP contribution in [0.3, 0.4) is 0 Å². The number of fused-ring (bicyclic) bond motifs is 1. The van der Waals surface area contributed by atoms with Gasteiger partial charge in [-0.2, -0.15) is 9.49 Å². The molecule has 238 valence electrons. The number of nitrogens with two attached hydrogens (primary N) is 1. The number of carbonyl (C=O) groups is 1. The second kappa shape index (κ2) is 11.9. The minimum absolute atomic E-state index is 0.000452. The molecule has 7 aromatic rings. The van der Waals surface area contributed by atoms with E-state index in [1.54, 1.807) is 67.7 Å². The molecule has 7 rings (SSSR count). The molecule has 0 unspecified atom stereocenters. The van der Waals surface area contributed by atoms with Gasteiger partial charge in [0.2, 0.25) is 11.6 Å². The molecule has 0 saturated heterocycles. The summed E-state index contributed by atoms with van der Waals surface area (Å²) in [6, 6.07) is 28.3. The summed E-state index contributed by atoms with van der Waals surface area (Å²) in [6.45, 7) is 1.73. The lowest BCUT2D eigenvalue weighted by atomic mass is 10.1. The van der Waals surface area contributed by atoms with Gasteiger partial charge in [-0.15, -0.1) is 0 Å². The predicted octanol–water partition coefficient (Wildman–Crippen LogP) is 7.32. The van der Waals surface area contributed by atoms with Crippen molar-refractivity contribution in [2.75, 3.05) is 5.73 Å². The first kappa shape index (κ1) is 30.5. The Bertz CT molecular complexity index is 2460. The summed E-state index contributed by atoms with van der Waals surface area (Å²) in [7, 11) is -4.26. The summed E-state index contributed by atoms with van der Waals surface area (Å²) in [6.07, 6.45) is 2.91. The summed E-state index contributed by atoms with van der Waals surface area (Å²) in [4.78, 5) is 18.7. The smallest absolute Gasteiger partial charge is 0.268 e. The van der Waals surface area contributed by atoms with Gasteiger partial charge in [0.25, 0.3) is 10.0 Å². The van der Waals surface area contributed by atoms with Crippen molar-refractivity contribution < 1.29 is 26.7 Å². The fraction of sp³-hybridized carbons (Fsp3) is 0.0278. The molecule has 9 nitrogen and oxygen atoms in total. The summed E-state index contributed by atoms with van der Waals surface area (Å²) >= 11 is 0. The Morgan fingerprint density at radius 1 is 0.875 bits per heavy atom. The van der Waals surface area contributed by atoms with Crippen LogP contribution in [-0.2, 0) is 10.0 Å². The molecule has 12 heteroatoms. The zero-order valence-electron chi connectivity index (χ0n) is 25.2.